The number of furan rings is 1. The van der Waals surface area contributed by atoms with Gasteiger partial charge in [0.25, 0.3) is 11.5 Å². The Balaban J connectivity index is 1.59. The molecule has 3 aromatic heterocycles. The summed E-state index contributed by atoms with van der Waals surface area (Å²) >= 11 is 3.36. The van der Waals surface area contributed by atoms with Crippen LogP contribution >= 0.6 is 15.9 Å². The van der Waals surface area contributed by atoms with Crippen LogP contribution in [0.5, 0.6) is 0 Å². The van der Waals surface area contributed by atoms with Gasteiger partial charge in [0.05, 0.1) is 12.0 Å². The lowest BCUT2D eigenvalue weighted by atomic mass is 10.1. The lowest BCUT2D eigenvalue weighted by Gasteiger charge is -2.09. The Kier molecular flexibility index (Phi) is 5.45. The maximum absolute atomic E-state index is 12.9. The SMILES string of the molecule is O=C(Nc1cc(-c2ccco2)nn1-c1nc(-c2ccccc2)cc(=O)[nH]1)c1ccc(Br)cc1. The van der Waals surface area contributed by atoms with Crippen LogP contribution in [-0.4, -0.2) is 25.7 Å². The van der Waals surface area contributed by atoms with Crippen molar-refractivity contribution in [2.24, 2.45) is 0 Å². The standard InChI is InChI=1S/C24H16BrN5O3/c25-17-10-8-16(9-11-17)23(32)27-21-13-19(20-7-4-12-33-20)29-30(21)24-26-18(14-22(31)28-24)15-5-2-1-3-6-15/h1-14H,(H,27,32)(H,26,28,31). The summed E-state index contributed by atoms with van der Waals surface area (Å²) in [5, 5.41) is 7.38. The average Bonchev–Trinajstić information content (AvgIpc) is 3.50. The molecule has 0 spiro atoms. The molecule has 5 aromatic rings. The van der Waals surface area contributed by atoms with Gasteiger partial charge in [-0.15, -0.1) is 0 Å². The van der Waals surface area contributed by atoms with Gasteiger partial charge in [-0.05, 0) is 36.4 Å². The predicted octanol–water partition coefficient (Wildman–Crippen LogP) is 4.90. The summed E-state index contributed by atoms with van der Waals surface area (Å²) in [6, 6.07) is 22.9. The van der Waals surface area contributed by atoms with Crippen LogP contribution in [0.4, 0.5) is 5.82 Å². The van der Waals surface area contributed by atoms with Gasteiger partial charge in [0.1, 0.15) is 11.5 Å². The van der Waals surface area contributed by atoms with Crippen molar-refractivity contribution in [3.63, 3.8) is 0 Å². The minimum absolute atomic E-state index is 0.158. The number of H-pyrrole nitrogens is 1. The van der Waals surface area contributed by atoms with Crippen molar-refractivity contribution >= 4 is 27.7 Å². The maximum Gasteiger partial charge on any atom is 0.256 e. The van der Waals surface area contributed by atoms with E-state index in [2.05, 4.69) is 36.3 Å². The predicted molar refractivity (Wildman–Crippen MR) is 127 cm³/mol. The molecule has 0 saturated heterocycles. The van der Waals surface area contributed by atoms with E-state index in [0.717, 1.165) is 10.0 Å². The van der Waals surface area contributed by atoms with Crippen molar-refractivity contribution in [2.75, 3.05) is 5.32 Å². The molecule has 5 rings (SSSR count). The second-order valence-electron chi connectivity index (χ2n) is 7.09. The number of carbonyl (C=O) groups excluding carboxylic acids is 1. The number of anilines is 1. The Labute approximate surface area is 196 Å². The third-order valence-electron chi connectivity index (χ3n) is 4.83. The number of amides is 1. The summed E-state index contributed by atoms with van der Waals surface area (Å²) in [6.45, 7) is 0. The molecular formula is C24H16BrN5O3. The Bertz CT molecular complexity index is 1470. The van der Waals surface area contributed by atoms with E-state index in [0.29, 0.717) is 28.5 Å². The van der Waals surface area contributed by atoms with Crippen LogP contribution in [0.25, 0.3) is 28.7 Å². The number of hydrogen-bond donors (Lipinski definition) is 2. The van der Waals surface area contributed by atoms with Gasteiger partial charge < -0.3 is 9.73 Å². The first-order valence-corrected chi connectivity index (χ1v) is 10.7. The number of aromatic nitrogens is 4. The van der Waals surface area contributed by atoms with E-state index < -0.39 is 0 Å². The lowest BCUT2D eigenvalue weighted by Crippen LogP contribution is -2.18. The molecule has 0 fully saturated rings. The molecule has 0 aliphatic carbocycles. The quantitative estimate of drug-likeness (QED) is 0.356. The molecule has 0 saturated carbocycles. The number of rotatable bonds is 5. The second kappa shape index (κ2) is 8.71. The van der Waals surface area contributed by atoms with Crippen molar-refractivity contribution in [1.29, 1.82) is 0 Å². The maximum atomic E-state index is 12.9. The van der Waals surface area contributed by atoms with Crippen LogP contribution in [0.2, 0.25) is 0 Å². The second-order valence-corrected chi connectivity index (χ2v) is 8.00. The average molecular weight is 502 g/mol. The van der Waals surface area contributed by atoms with Gasteiger partial charge in [0.2, 0.25) is 5.95 Å². The molecule has 0 aliphatic rings. The minimum atomic E-state index is -0.348. The summed E-state index contributed by atoms with van der Waals surface area (Å²) in [6.07, 6.45) is 1.53. The summed E-state index contributed by atoms with van der Waals surface area (Å²) in [5.41, 5.74) is 1.85. The number of nitrogens with one attached hydrogen (secondary N) is 2. The molecule has 0 radical (unpaired) electrons. The molecule has 2 aromatic carbocycles. The van der Waals surface area contributed by atoms with Crippen molar-refractivity contribution in [1.82, 2.24) is 19.7 Å². The first-order chi connectivity index (χ1) is 16.1. The van der Waals surface area contributed by atoms with Gasteiger partial charge >= 0.3 is 0 Å². The van der Waals surface area contributed by atoms with Crippen LogP contribution in [0.15, 0.2) is 98.8 Å². The largest absolute Gasteiger partial charge is 0.463 e. The van der Waals surface area contributed by atoms with E-state index in [1.807, 2.05) is 30.3 Å². The molecule has 0 unspecified atom stereocenters. The number of nitrogens with zero attached hydrogens (tertiary/aromatic N) is 3. The van der Waals surface area contributed by atoms with Crippen LogP contribution in [0.3, 0.4) is 0 Å². The molecular weight excluding hydrogens is 486 g/mol. The Hall–Kier alpha value is -4.24. The number of hydrogen-bond acceptors (Lipinski definition) is 5. The monoisotopic (exact) mass is 501 g/mol. The normalized spacial score (nSPS) is 10.8. The highest BCUT2D eigenvalue weighted by Crippen LogP contribution is 2.25. The van der Waals surface area contributed by atoms with E-state index >= 15 is 0 Å². The fourth-order valence-electron chi connectivity index (χ4n) is 3.27. The number of halogens is 1. The molecule has 9 heteroatoms. The van der Waals surface area contributed by atoms with Crippen molar-refractivity contribution in [2.45, 2.75) is 0 Å². The first-order valence-electron chi connectivity index (χ1n) is 9.95. The third-order valence-corrected chi connectivity index (χ3v) is 5.36. The Morgan fingerprint density at radius 2 is 1.76 bits per heavy atom. The highest BCUT2D eigenvalue weighted by Gasteiger charge is 2.18. The molecule has 3 heterocycles. The molecule has 0 atom stereocenters. The molecule has 0 aliphatic heterocycles. The van der Waals surface area contributed by atoms with E-state index in [1.54, 1.807) is 42.5 Å². The number of benzene rings is 2. The summed E-state index contributed by atoms with van der Waals surface area (Å²) in [4.78, 5) is 32.6. The van der Waals surface area contributed by atoms with Crippen molar-refractivity contribution < 1.29 is 9.21 Å². The van der Waals surface area contributed by atoms with Crippen LogP contribution in [0, 0.1) is 0 Å². The topological polar surface area (TPSA) is 106 Å². The van der Waals surface area contributed by atoms with Crippen molar-refractivity contribution in [3.8, 4) is 28.7 Å². The van der Waals surface area contributed by atoms with Gasteiger partial charge in [-0.25, -0.2) is 4.98 Å². The summed E-state index contributed by atoms with van der Waals surface area (Å²) in [5.74, 6) is 0.651. The van der Waals surface area contributed by atoms with Gasteiger partial charge in [-0.2, -0.15) is 9.78 Å². The molecule has 1 amide bonds. The van der Waals surface area contributed by atoms with E-state index in [1.165, 1.54) is 17.0 Å². The van der Waals surface area contributed by atoms with Crippen LogP contribution in [0.1, 0.15) is 10.4 Å². The zero-order valence-corrected chi connectivity index (χ0v) is 18.6. The molecule has 8 nitrogen and oxygen atoms in total. The van der Waals surface area contributed by atoms with E-state index in [-0.39, 0.29) is 17.4 Å². The zero-order valence-electron chi connectivity index (χ0n) is 17.0. The van der Waals surface area contributed by atoms with Crippen LogP contribution < -0.4 is 10.9 Å². The zero-order chi connectivity index (χ0) is 22.8. The molecule has 162 valence electrons. The first kappa shape index (κ1) is 20.7. The fraction of sp³-hybridized carbons (Fsp3) is 0. The van der Waals surface area contributed by atoms with E-state index in [9.17, 15) is 9.59 Å². The van der Waals surface area contributed by atoms with Gasteiger partial charge in [0.15, 0.2) is 5.76 Å². The third kappa shape index (κ3) is 4.39. The molecule has 0 bridgehead atoms. The smallest absolute Gasteiger partial charge is 0.256 e. The minimum Gasteiger partial charge on any atom is -0.463 e. The summed E-state index contributed by atoms with van der Waals surface area (Å²) in [7, 11) is 0. The van der Waals surface area contributed by atoms with Gasteiger partial charge in [0, 0.05) is 27.7 Å². The Morgan fingerprint density at radius 1 is 0.970 bits per heavy atom. The fourth-order valence-corrected chi connectivity index (χ4v) is 3.53. The van der Waals surface area contributed by atoms with Gasteiger partial charge in [-0.1, -0.05) is 46.3 Å². The molecule has 2 N–H and O–H groups in total. The lowest BCUT2D eigenvalue weighted by molar-refractivity contribution is 0.102. The Morgan fingerprint density at radius 3 is 2.48 bits per heavy atom. The molecule has 33 heavy (non-hydrogen) atoms. The highest BCUT2D eigenvalue weighted by atomic mass is 79.9. The number of carbonyl (C=O) groups is 1. The van der Waals surface area contributed by atoms with Crippen LogP contribution in [-0.2, 0) is 0 Å². The van der Waals surface area contributed by atoms with E-state index in [4.69, 9.17) is 4.42 Å². The number of aromatic amines is 1. The van der Waals surface area contributed by atoms with Gasteiger partial charge in [-0.3, -0.25) is 14.6 Å². The van der Waals surface area contributed by atoms with Crippen molar-refractivity contribution in [3.05, 3.63) is 106 Å². The highest BCUT2D eigenvalue weighted by molar-refractivity contribution is 9.10. The summed E-state index contributed by atoms with van der Waals surface area (Å²) < 4.78 is 7.70.